The zero-order chi connectivity index (χ0) is 20.7. The summed E-state index contributed by atoms with van der Waals surface area (Å²) < 4.78 is 37.8. The second-order valence-corrected chi connectivity index (χ2v) is 9.89. The van der Waals surface area contributed by atoms with Crippen LogP contribution in [0.1, 0.15) is 12.8 Å². The number of para-hydroxylation sites is 1. The van der Waals surface area contributed by atoms with Crippen LogP contribution in [-0.2, 0) is 16.6 Å². The number of nitrogens with zero attached hydrogens (tertiary/aromatic N) is 5. The van der Waals surface area contributed by atoms with E-state index in [1.54, 1.807) is 35.2 Å². The standard InChI is InChI=1S/C20H19N5O3S2/c26-20-15-4-1-2-5-16(15)21-13-24(20)12-14-8-10-25(11-9-14)30(27,28)18-7-3-6-17-19(18)23-29-22-17/h1-7,13-14H,8-12H2. The maximum atomic E-state index is 13.2. The van der Waals surface area contributed by atoms with Crippen molar-refractivity contribution in [2.24, 2.45) is 5.92 Å². The maximum absolute atomic E-state index is 13.2. The zero-order valence-corrected chi connectivity index (χ0v) is 17.6. The molecule has 1 fully saturated rings. The van der Waals surface area contributed by atoms with E-state index in [9.17, 15) is 13.2 Å². The summed E-state index contributed by atoms with van der Waals surface area (Å²) >= 11 is 1.01. The number of hydrogen-bond donors (Lipinski definition) is 0. The molecule has 8 nitrogen and oxygen atoms in total. The lowest BCUT2D eigenvalue weighted by Gasteiger charge is -2.31. The Bertz CT molecular complexity index is 1390. The van der Waals surface area contributed by atoms with Gasteiger partial charge in [0.1, 0.15) is 15.9 Å². The summed E-state index contributed by atoms with van der Waals surface area (Å²) in [6.07, 6.45) is 2.96. The monoisotopic (exact) mass is 441 g/mol. The lowest BCUT2D eigenvalue weighted by molar-refractivity contribution is 0.251. The summed E-state index contributed by atoms with van der Waals surface area (Å²) in [7, 11) is -3.64. The summed E-state index contributed by atoms with van der Waals surface area (Å²) in [5, 5.41) is 0.602. The van der Waals surface area contributed by atoms with Crippen LogP contribution in [0.5, 0.6) is 0 Å². The Morgan fingerprint density at radius 2 is 1.77 bits per heavy atom. The highest BCUT2D eigenvalue weighted by atomic mass is 32.2. The third-order valence-corrected chi connectivity index (χ3v) is 8.10. The van der Waals surface area contributed by atoms with E-state index >= 15 is 0 Å². The molecule has 1 aliphatic rings. The van der Waals surface area contributed by atoms with Crippen LogP contribution in [-0.4, -0.2) is 44.1 Å². The molecule has 3 heterocycles. The normalized spacial score (nSPS) is 16.4. The molecular formula is C20H19N5O3S2. The fourth-order valence-electron chi connectivity index (χ4n) is 3.98. The number of sulfonamides is 1. The van der Waals surface area contributed by atoms with Crippen molar-refractivity contribution in [1.82, 2.24) is 22.6 Å². The number of rotatable bonds is 4. The van der Waals surface area contributed by atoms with E-state index in [1.165, 1.54) is 4.31 Å². The highest BCUT2D eigenvalue weighted by molar-refractivity contribution is 7.89. The van der Waals surface area contributed by atoms with Crippen LogP contribution >= 0.6 is 11.7 Å². The van der Waals surface area contributed by atoms with Crippen LogP contribution in [0.2, 0.25) is 0 Å². The summed E-state index contributed by atoms with van der Waals surface area (Å²) in [5.74, 6) is 0.217. The van der Waals surface area contributed by atoms with Crippen LogP contribution < -0.4 is 5.56 Å². The smallest absolute Gasteiger partial charge is 0.261 e. The molecule has 2 aromatic carbocycles. The molecule has 154 valence electrons. The summed E-state index contributed by atoms with van der Waals surface area (Å²) in [6, 6.07) is 12.3. The molecule has 1 aliphatic heterocycles. The fraction of sp³-hybridized carbons (Fsp3) is 0.300. The SMILES string of the molecule is O=c1c2ccccc2ncn1CC1CCN(S(=O)(=O)c2cccc3nsnc23)CC1. The number of fused-ring (bicyclic) bond motifs is 2. The first-order chi connectivity index (χ1) is 14.5. The van der Waals surface area contributed by atoms with Crippen molar-refractivity contribution >= 4 is 43.7 Å². The first kappa shape index (κ1) is 19.3. The fourth-order valence-corrected chi connectivity index (χ4v) is 6.20. The molecule has 4 aromatic rings. The Kier molecular flexibility index (Phi) is 4.84. The van der Waals surface area contributed by atoms with E-state index < -0.39 is 10.0 Å². The molecule has 30 heavy (non-hydrogen) atoms. The molecule has 0 aliphatic carbocycles. The number of benzene rings is 2. The zero-order valence-electron chi connectivity index (χ0n) is 16.0. The molecule has 0 radical (unpaired) electrons. The predicted octanol–water partition coefficient (Wildman–Crippen LogP) is 2.50. The Hall–Kier alpha value is -2.69. The van der Waals surface area contributed by atoms with Gasteiger partial charge in [0.2, 0.25) is 10.0 Å². The molecule has 2 aromatic heterocycles. The Labute approximate surface area is 177 Å². The van der Waals surface area contributed by atoms with Gasteiger partial charge in [-0.05, 0) is 43.0 Å². The minimum absolute atomic E-state index is 0.0571. The van der Waals surface area contributed by atoms with Crippen molar-refractivity contribution < 1.29 is 8.42 Å². The van der Waals surface area contributed by atoms with Crippen molar-refractivity contribution in [3.05, 3.63) is 59.1 Å². The number of hydrogen-bond acceptors (Lipinski definition) is 7. The van der Waals surface area contributed by atoms with Gasteiger partial charge in [-0.3, -0.25) is 9.36 Å². The lowest BCUT2D eigenvalue weighted by atomic mass is 9.98. The van der Waals surface area contributed by atoms with Crippen LogP contribution in [0.4, 0.5) is 0 Å². The molecule has 0 spiro atoms. The van der Waals surface area contributed by atoms with Crippen LogP contribution in [0.25, 0.3) is 21.9 Å². The van der Waals surface area contributed by atoms with Crippen molar-refractivity contribution in [3.63, 3.8) is 0 Å². The second kappa shape index (κ2) is 7.53. The van der Waals surface area contributed by atoms with Crippen molar-refractivity contribution in [3.8, 4) is 0 Å². The van der Waals surface area contributed by atoms with Crippen molar-refractivity contribution in [2.75, 3.05) is 13.1 Å². The molecule has 0 atom stereocenters. The predicted molar refractivity (Wildman–Crippen MR) is 115 cm³/mol. The van der Waals surface area contributed by atoms with E-state index in [-0.39, 0.29) is 16.4 Å². The Balaban J connectivity index is 1.33. The van der Waals surface area contributed by atoms with Gasteiger partial charge in [-0.1, -0.05) is 18.2 Å². The summed E-state index contributed by atoms with van der Waals surface area (Å²) in [6.45, 7) is 1.36. The van der Waals surface area contributed by atoms with E-state index in [0.29, 0.717) is 54.4 Å². The first-order valence-electron chi connectivity index (χ1n) is 9.69. The summed E-state index contributed by atoms with van der Waals surface area (Å²) in [4.78, 5) is 17.3. The average Bonchev–Trinajstić information content (AvgIpc) is 3.25. The summed E-state index contributed by atoms with van der Waals surface area (Å²) in [5.41, 5.74) is 1.65. The van der Waals surface area contributed by atoms with Gasteiger partial charge in [-0.25, -0.2) is 13.4 Å². The second-order valence-electron chi connectivity index (χ2n) is 7.45. The van der Waals surface area contributed by atoms with E-state index in [0.717, 1.165) is 11.7 Å². The molecule has 0 amide bonds. The van der Waals surface area contributed by atoms with Gasteiger partial charge < -0.3 is 0 Å². The van der Waals surface area contributed by atoms with Gasteiger partial charge in [0.15, 0.2) is 0 Å². The highest BCUT2D eigenvalue weighted by Gasteiger charge is 2.31. The van der Waals surface area contributed by atoms with Gasteiger partial charge in [0.25, 0.3) is 5.56 Å². The Morgan fingerprint density at radius 1 is 1.00 bits per heavy atom. The van der Waals surface area contributed by atoms with Crippen LogP contribution in [0.3, 0.4) is 0 Å². The van der Waals surface area contributed by atoms with Crippen LogP contribution in [0.15, 0.2) is 58.5 Å². The largest absolute Gasteiger partial charge is 0.298 e. The highest BCUT2D eigenvalue weighted by Crippen LogP contribution is 2.28. The number of aromatic nitrogens is 4. The maximum Gasteiger partial charge on any atom is 0.261 e. The minimum Gasteiger partial charge on any atom is -0.298 e. The molecule has 0 bridgehead atoms. The molecule has 10 heteroatoms. The number of piperidine rings is 1. The third-order valence-electron chi connectivity index (χ3n) is 5.63. The quantitative estimate of drug-likeness (QED) is 0.483. The van der Waals surface area contributed by atoms with E-state index in [4.69, 9.17) is 0 Å². The third kappa shape index (κ3) is 3.30. The molecule has 0 saturated carbocycles. The Morgan fingerprint density at radius 3 is 2.60 bits per heavy atom. The average molecular weight is 442 g/mol. The van der Waals surface area contributed by atoms with Gasteiger partial charge in [-0.2, -0.15) is 13.1 Å². The van der Waals surface area contributed by atoms with Crippen molar-refractivity contribution in [1.29, 1.82) is 0 Å². The van der Waals surface area contributed by atoms with E-state index in [1.807, 2.05) is 18.2 Å². The molecule has 0 unspecified atom stereocenters. The molecule has 0 N–H and O–H groups in total. The molecular weight excluding hydrogens is 422 g/mol. The minimum atomic E-state index is -3.64. The van der Waals surface area contributed by atoms with Gasteiger partial charge in [-0.15, -0.1) is 0 Å². The lowest BCUT2D eigenvalue weighted by Crippen LogP contribution is -2.40. The molecule has 5 rings (SSSR count). The van der Waals surface area contributed by atoms with Gasteiger partial charge in [0, 0.05) is 19.6 Å². The van der Waals surface area contributed by atoms with Crippen molar-refractivity contribution in [2.45, 2.75) is 24.3 Å². The topological polar surface area (TPSA) is 98.1 Å². The van der Waals surface area contributed by atoms with E-state index in [2.05, 4.69) is 13.7 Å². The molecule has 1 saturated heterocycles. The van der Waals surface area contributed by atoms with Crippen LogP contribution in [0, 0.1) is 5.92 Å². The van der Waals surface area contributed by atoms with Gasteiger partial charge in [0.05, 0.1) is 29.0 Å². The van der Waals surface area contributed by atoms with Gasteiger partial charge >= 0.3 is 0 Å². The first-order valence-corrected chi connectivity index (χ1v) is 11.9.